The third kappa shape index (κ3) is 6.02. The van der Waals surface area contributed by atoms with E-state index in [1.54, 1.807) is 19.1 Å². The fourth-order valence-electron chi connectivity index (χ4n) is 3.46. The summed E-state index contributed by atoms with van der Waals surface area (Å²) >= 11 is 0. The lowest BCUT2D eigenvalue weighted by Crippen LogP contribution is -2.37. The van der Waals surface area contributed by atoms with E-state index in [0.717, 1.165) is 31.4 Å². The second kappa shape index (κ2) is 10.2. The molecule has 1 heterocycles. The summed E-state index contributed by atoms with van der Waals surface area (Å²) in [6, 6.07) is 7.80. The summed E-state index contributed by atoms with van der Waals surface area (Å²) in [7, 11) is 3.26. The minimum Gasteiger partial charge on any atom is -0.497 e. The molecule has 26 heavy (non-hydrogen) atoms. The van der Waals surface area contributed by atoms with Crippen LogP contribution in [0.2, 0.25) is 0 Å². The standard InChI is InChI=1S/C20H29NO5/c1-25-17-10-8-15(9-11-17)6-4-3-5-7-19(22)21-14-18(26-2)12-16(21)13-20(23)24/h8-11,16,18H,3-7,12-14H2,1-2H3,(H,23,24). The van der Waals surface area contributed by atoms with Crippen LogP contribution in [0, 0.1) is 0 Å². The van der Waals surface area contributed by atoms with E-state index in [0.29, 0.717) is 19.4 Å². The Hall–Kier alpha value is -2.08. The number of ether oxygens (including phenoxy) is 2. The molecular formula is C20H29NO5. The third-order valence-corrected chi connectivity index (χ3v) is 4.96. The van der Waals surface area contributed by atoms with E-state index in [4.69, 9.17) is 14.6 Å². The third-order valence-electron chi connectivity index (χ3n) is 4.96. The lowest BCUT2D eigenvalue weighted by Gasteiger charge is -2.23. The average Bonchev–Trinajstić information content (AvgIpc) is 3.04. The molecule has 0 aliphatic carbocycles. The van der Waals surface area contributed by atoms with E-state index >= 15 is 0 Å². The van der Waals surface area contributed by atoms with Gasteiger partial charge in [0.2, 0.25) is 5.91 Å². The second-order valence-electron chi connectivity index (χ2n) is 6.80. The number of nitrogens with zero attached hydrogens (tertiary/aromatic N) is 1. The number of methoxy groups -OCH3 is 2. The first kappa shape index (κ1) is 20.2. The zero-order valence-corrected chi connectivity index (χ0v) is 15.6. The summed E-state index contributed by atoms with van der Waals surface area (Å²) in [5.41, 5.74) is 1.26. The van der Waals surface area contributed by atoms with E-state index in [-0.39, 0.29) is 24.5 Å². The molecule has 0 bridgehead atoms. The van der Waals surface area contributed by atoms with Gasteiger partial charge in [0.1, 0.15) is 5.75 Å². The van der Waals surface area contributed by atoms with E-state index in [9.17, 15) is 9.59 Å². The smallest absolute Gasteiger partial charge is 0.305 e. The van der Waals surface area contributed by atoms with Crippen molar-refractivity contribution in [1.82, 2.24) is 4.90 Å². The minimum atomic E-state index is -0.871. The molecule has 144 valence electrons. The van der Waals surface area contributed by atoms with Crippen LogP contribution in [0.3, 0.4) is 0 Å². The monoisotopic (exact) mass is 363 g/mol. The molecule has 0 radical (unpaired) electrons. The Labute approximate surface area is 155 Å². The molecule has 0 aromatic heterocycles. The van der Waals surface area contributed by atoms with Crippen LogP contribution in [-0.4, -0.2) is 54.8 Å². The van der Waals surface area contributed by atoms with Crippen molar-refractivity contribution in [3.05, 3.63) is 29.8 Å². The number of rotatable bonds is 10. The molecule has 2 rings (SSSR count). The highest BCUT2D eigenvalue weighted by molar-refractivity contribution is 5.78. The number of amides is 1. The quantitative estimate of drug-likeness (QED) is 0.647. The lowest BCUT2D eigenvalue weighted by molar-refractivity contribution is -0.139. The average molecular weight is 363 g/mol. The largest absolute Gasteiger partial charge is 0.497 e. The van der Waals surface area contributed by atoms with Gasteiger partial charge < -0.3 is 19.5 Å². The van der Waals surface area contributed by atoms with Crippen molar-refractivity contribution in [3.8, 4) is 5.75 Å². The first-order chi connectivity index (χ1) is 12.5. The zero-order valence-electron chi connectivity index (χ0n) is 15.6. The van der Waals surface area contributed by atoms with Gasteiger partial charge in [0, 0.05) is 26.1 Å². The normalized spacial score (nSPS) is 19.5. The molecule has 0 saturated carbocycles. The molecular weight excluding hydrogens is 334 g/mol. The molecule has 1 aliphatic rings. The maximum Gasteiger partial charge on any atom is 0.305 e. The predicted molar refractivity (Wildman–Crippen MR) is 98.3 cm³/mol. The summed E-state index contributed by atoms with van der Waals surface area (Å²) in [4.78, 5) is 25.2. The second-order valence-corrected chi connectivity index (χ2v) is 6.80. The van der Waals surface area contributed by atoms with Gasteiger partial charge in [0.25, 0.3) is 0 Å². The minimum absolute atomic E-state index is 0.0108. The van der Waals surface area contributed by atoms with Crippen LogP contribution in [0.4, 0.5) is 0 Å². The van der Waals surface area contributed by atoms with Crippen molar-refractivity contribution in [3.63, 3.8) is 0 Å². The van der Waals surface area contributed by atoms with Crippen LogP contribution >= 0.6 is 0 Å². The van der Waals surface area contributed by atoms with E-state index in [1.165, 1.54) is 5.56 Å². The van der Waals surface area contributed by atoms with Gasteiger partial charge in [-0.2, -0.15) is 0 Å². The number of hydrogen-bond acceptors (Lipinski definition) is 4. The number of carbonyl (C=O) groups excluding carboxylic acids is 1. The molecule has 2 atom stereocenters. The number of carbonyl (C=O) groups is 2. The number of aryl methyl sites for hydroxylation is 1. The van der Waals surface area contributed by atoms with Gasteiger partial charge in [-0.05, 0) is 43.4 Å². The van der Waals surface area contributed by atoms with Gasteiger partial charge in [0.05, 0.1) is 19.6 Å². The highest BCUT2D eigenvalue weighted by Gasteiger charge is 2.36. The molecule has 0 spiro atoms. The van der Waals surface area contributed by atoms with Crippen molar-refractivity contribution >= 4 is 11.9 Å². The molecule has 1 aromatic rings. The van der Waals surface area contributed by atoms with Crippen LogP contribution in [0.15, 0.2) is 24.3 Å². The van der Waals surface area contributed by atoms with Crippen molar-refractivity contribution in [2.24, 2.45) is 0 Å². The molecule has 1 saturated heterocycles. The first-order valence-corrected chi connectivity index (χ1v) is 9.20. The van der Waals surface area contributed by atoms with Crippen molar-refractivity contribution < 1.29 is 24.2 Å². The van der Waals surface area contributed by atoms with E-state index in [1.807, 2.05) is 12.1 Å². The number of benzene rings is 1. The van der Waals surface area contributed by atoms with Crippen LogP contribution in [0.25, 0.3) is 0 Å². The first-order valence-electron chi connectivity index (χ1n) is 9.20. The Balaban J connectivity index is 1.70. The molecule has 1 fully saturated rings. The Morgan fingerprint density at radius 1 is 1.15 bits per heavy atom. The van der Waals surface area contributed by atoms with Crippen molar-refractivity contribution in [2.75, 3.05) is 20.8 Å². The van der Waals surface area contributed by atoms with Crippen molar-refractivity contribution in [2.45, 2.75) is 57.1 Å². The van der Waals surface area contributed by atoms with Crippen LogP contribution in [-0.2, 0) is 20.7 Å². The number of hydrogen-bond donors (Lipinski definition) is 1. The molecule has 1 aromatic carbocycles. The van der Waals surface area contributed by atoms with Crippen molar-refractivity contribution in [1.29, 1.82) is 0 Å². The fourth-order valence-corrected chi connectivity index (χ4v) is 3.46. The summed E-state index contributed by atoms with van der Waals surface area (Å²) < 4.78 is 10.5. The Morgan fingerprint density at radius 3 is 2.50 bits per heavy atom. The number of unbranched alkanes of at least 4 members (excludes halogenated alkanes) is 2. The Morgan fingerprint density at radius 2 is 1.88 bits per heavy atom. The molecule has 6 nitrogen and oxygen atoms in total. The Bertz CT molecular complexity index is 586. The SMILES string of the molecule is COc1ccc(CCCCCC(=O)N2CC(OC)CC2CC(=O)O)cc1. The maximum absolute atomic E-state index is 12.5. The summed E-state index contributed by atoms with van der Waals surface area (Å²) in [6.45, 7) is 0.499. The van der Waals surface area contributed by atoms with Crippen LogP contribution < -0.4 is 4.74 Å². The zero-order chi connectivity index (χ0) is 18.9. The number of likely N-dealkylation sites (tertiary alicyclic amines) is 1. The van der Waals surface area contributed by atoms with Crippen LogP contribution in [0.5, 0.6) is 5.75 Å². The maximum atomic E-state index is 12.5. The van der Waals surface area contributed by atoms with Gasteiger partial charge in [-0.3, -0.25) is 9.59 Å². The molecule has 1 amide bonds. The van der Waals surface area contributed by atoms with E-state index < -0.39 is 5.97 Å². The topological polar surface area (TPSA) is 76.1 Å². The number of carboxylic acid groups (broad SMARTS) is 1. The predicted octanol–water partition coefficient (Wildman–Crippen LogP) is 2.89. The lowest BCUT2D eigenvalue weighted by atomic mass is 10.1. The molecule has 6 heteroatoms. The van der Waals surface area contributed by atoms with Gasteiger partial charge in [-0.25, -0.2) is 0 Å². The highest BCUT2D eigenvalue weighted by Crippen LogP contribution is 2.24. The molecule has 1 N–H and O–H groups in total. The van der Waals surface area contributed by atoms with Crippen LogP contribution in [0.1, 0.15) is 44.1 Å². The molecule has 1 aliphatic heterocycles. The van der Waals surface area contributed by atoms with Gasteiger partial charge >= 0.3 is 5.97 Å². The van der Waals surface area contributed by atoms with Gasteiger partial charge in [0.15, 0.2) is 0 Å². The summed E-state index contributed by atoms with van der Waals surface area (Å²) in [6.07, 6.45) is 4.81. The summed E-state index contributed by atoms with van der Waals surface area (Å²) in [5.74, 6) is 0.0273. The Kier molecular flexibility index (Phi) is 7.91. The molecule has 2 unspecified atom stereocenters. The van der Waals surface area contributed by atoms with Gasteiger partial charge in [-0.15, -0.1) is 0 Å². The van der Waals surface area contributed by atoms with Gasteiger partial charge in [-0.1, -0.05) is 18.6 Å². The number of aliphatic carboxylic acids is 1. The fraction of sp³-hybridized carbons (Fsp3) is 0.600. The highest BCUT2D eigenvalue weighted by atomic mass is 16.5. The van der Waals surface area contributed by atoms with E-state index in [2.05, 4.69) is 12.1 Å². The number of carboxylic acids is 1. The summed E-state index contributed by atoms with van der Waals surface area (Å²) in [5, 5.41) is 9.03.